The van der Waals surface area contributed by atoms with Crippen molar-refractivity contribution in [2.75, 3.05) is 7.11 Å². The first-order chi connectivity index (χ1) is 8.70. The van der Waals surface area contributed by atoms with Gasteiger partial charge in [-0.1, -0.05) is 18.2 Å². The van der Waals surface area contributed by atoms with E-state index in [1.165, 1.54) is 0 Å². The van der Waals surface area contributed by atoms with Crippen LogP contribution in [0.3, 0.4) is 0 Å². The quantitative estimate of drug-likeness (QED) is 0.864. The molecule has 1 aromatic rings. The Balaban J connectivity index is 1.89. The number of benzene rings is 1. The van der Waals surface area contributed by atoms with Gasteiger partial charge >= 0.3 is 0 Å². The molecular formula is C15H16O3. The lowest BCUT2D eigenvalue weighted by Crippen LogP contribution is -2.50. The maximum Gasteiger partial charge on any atom is 0.155 e. The minimum atomic E-state index is -0.420. The standard InChI is InChI=1S/C15H16O3/c1-18-11-4-2-3-9(7-11)14-12-6-5-10(16)8-13(12)15(14)17/h2-7,12-15,17H,8H2,1H3/t12-,13+,14-,15+/m1/s1. The predicted molar refractivity (Wildman–Crippen MR) is 67.5 cm³/mol. The number of carbonyl (C=O) groups excluding carboxylic acids is 1. The summed E-state index contributed by atoms with van der Waals surface area (Å²) in [7, 11) is 1.64. The van der Waals surface area contributed by atoms with Crippen LogP contribution < -0.4 is 4.74 Å². The summed E-state index contributed by atoms with van der Waals surface area (Å²) in [5.74, 6) is 1.40. The summed E-state index contributed by atoms with van der Waals surface area (Å²) in [6.07, 6.45) is 3.66. The van der Waals surface area contributed by atoms with E-state index < -0.39 is 6.10 Å². The van der Waals surface area contributed by atoms with Gasteiger partial charge in [0, 0.05) is 12.3 Å². The molecule has 1 N–H and O–H groups in total. The molecule has 0 radical (unpaired) electrons. The zero-order chi connectivity index (χ0) is 12.7. The van der Waals surface area contributed by atoms with Gasteiger partial charge < -0.3 is 9.84 Å². The Morgan fingerprint density at radius 2 is 2.22 bits per heavy atom. The van der Waals surface area contributed by atoms with Crippen LogP contribution in [-0.2, 0) is 4.79 Å². The number of carbonyl (C=O) groups is 1. The maximum absolute atomic E-state index is 11.3. The summed E-state index contributed by atoms with van der Waals surface area (Å²) in [6, 6.07) is 7.81. The van der Waals surface area contributed by atoms with Gasteiger partial charge in [-0.3, -0.25) is 4.79 Å². The number of hydrogen-bond donors (Lipinski definition) is 1. The van der Waals surface area contributed by atoms with Gasteiger partial charge in [0.2, 0.25) is 0 Å². The van der Waals surface area contributed by atoms with E-state index in [1.807, 2.05) is 30.3 Å². The summed E-state index contributed by atoms with van der Waals surface area (Å²) < 4.78 is 5.21. The molecular weight excluding hydrogens is 228 g/mol. The summed E-state index contributed by atoms with van der Waals surface area (Å²) in [6.45, 7) is 0. The second-order valence-electron chi connectivity index (χ2n) is 5.06. The molecule has 0 amide bonds. The predicted octanol–water partition coefficient (Wildman–Crippen LogP) is 1.91. The normalized spacial score (nSPS) is 33.8. The van der Waals surface area contributed by atoms with Crippen molar-refractivity contribution in [1.82, 2.24) is 0 Å². The van der Waals surface area contributed by atoms with Crippen LogP contribution in [0.2, 0.25) is 0 Å². The van der Waals surface area contributed by atoms with Crippen LogP contribution in [0.5, 0.6) is 5.75 Å². The van der Waals surface area contributed by atoms with Crippen molar-refractivity contribution in [2.24, 2.45) is 11.8 Å². The maximum atomic E-state index is 11.3. The molecule has 0 spiro atoms. The fraction of sp³-hybridized carbons (Fsp3) is 0.400. The number of fused-ring (bicyclic) bond motifs is 1. The van der Waals surface area contributed by atoms with Crippen molar-refractivity contribution >= 4 is 5.78 Å². The van der Waals surface area contributed by atoms with E-state index in [0.717, 1.165) is 11.3 Å². The van der Waals surface area contributed by atoms with Crippen LogP contribution >= 0.6 is 0 Å². The van der Waals surface area contributed by atoms with E-state index in [9.17, 15) is 9.90 Å². The van der Waals surface area contributed by atoms with Gasteiger partial charge in [0.15, 0.2) is 5.78 Å². The Kier molecular flexibility index (Phi) is 2.71. The summed E-state index contributed by atoms with van der Waals surface area (Å²) in [5, 5.41) is 10.2. The number of ketones is 1. The summed E-state index contributed by atoms with van der Waals surface area (Å²) in [5.41, 5.74) is 1.09. The fourth-order valence-corrected chi connectivity index (χ4v) is 3.15. The Bertz CT molecular complexity index is 506. The zero-order valence-corrected chi connectivity index (χ0v) is 10.2. The number of allylic oxidation sites excluding steroid dienone is 2. The Labute approximate surface area is 106 Å². The largest absolute Gasteiger partial charge is 0.497 e. The minimum absolute atomic E-state index is 0.0921. The van der Waals surface area contributed by atoms with Gasteiger partial charge in [0.25, 0.3) is 0 Å². The fourth-order valence-electron chi connectivity index (χ4n) is 3.15. The molecule has 0 saturated heterocycles. The topological polar surface area (TPSA) is 46.5 Å². The molecule has 0 aliphatic heterocycles. The van der Waals surface area contributed by atoms with Crippen LogP contribution in [-0.4, -0.2) is 24.1 Å². The first-order valence-corrected chi connectivity index (χ1v) is 6.24. The van der Waals surface area contributed by atoms with Gasteiger partial charge in [0.1, 0.15) is 5.75 Å². The number of hydrogen-bond acceptors (Lipinski definition) is 3. The van der Waals surface area contributed by atoms with E-state index in [0.29, 0.717) is 6.42 Å². The molecule has 0 bridgehead atoms. The Morgan fingerprint density at radius 1 is 1.39 bits per heavy atom. The third kappa shape index (κ3) is 1.66. The highest BCUT2D eigenvalue weighted by Crippen LogP contribution is 2.51. The first kappa shape index (κ1) is 11.5. The van der Waals surface area contributed by atoms with E-state index in [2.05, 4.69) is 0 Å². The van der Waals surface area contributed by atoms with Crippen molar-refractivity contribution in [1.29, 1.82) is 0 Å². The minimum Gasteiger partial charge on any atom is -0.497 e. The molecule has 4 atom stereocenters. The highest BCUT2D eigenvalue weighted by Gasteiger charge is 2.50. The average Bonchev–Trinajstić information content (AvgIpc) is 2.40. The van der Waals surface area contributed by atoms with Gasteiger partial charge in [-0.2, -0.15) is 0 Å². The van der Waals surface area contributed by atoms with E-state index in [4.69, 9.17) is 4.74 Å². The molecule has 18 heavy (non-hydrogen) atoms. The lowest BCUT2D eigenvalue weighted by atomic mass is 9.56. The number of methoxy groups -OCH3 is 1. The number of aliphatic hydroxyl groups is 1. The highest BCUT2D eigenvalue weighted by atomic mass is 16.5. The molecule has 2 aliphatic carbocycles. The second-order valence-corrected chi connectivity index (χ2v) is 5.06. The smallest absolute Gasteiger partial charge is 0.155 e. The molecule has 2 aliphatic rings. The van der Waals surface area contributed by atoms with E-state index in [1.54, 1.807) is 13.2 Å². The third-order valence-corrected chi connectivity index (χ3v) is 4.14. The van der Waals surface area contributed by atoms with Crippen molar-refractivity contribution < 1.29 is 14.6 Å². The van der Waals surface area contributed by atoms with Crippen molar-refractivity contribution in [3.05, 3.63) is 42.0 Å². The number of aliphatic hydroxyl groups excluding tert-OH is 1. The third-order valence-electron chi connectivity index (χ3n) is 4.14. The van der Waals surface area contributed by atoms with Crippen molar-refractivity contribution in [3.63, 3.8) is 0 Å². The number of ether oxygens (including phenoxy) is 1. The average molecular weight is 244 g/mol. The van der Waals surface area contributed by atoms with Crippen LogP contribution in [0.4, 0.5) is 0 Å². The van der Waals surface area contributed by atoms with Crippen LogP contribution in [0.1, 0.15) is 17.9 Å². The molecule has 94 valence electrons. The van der Waals surface area contributed by atoms with Crippen LogP contribution in [0, 0.1) is 11.8 Å². The monoisotopic (exact) mass is 244 g/mol. The summed E-state index contributed by atoms with van der Waals surface area (Å²) >= 11 is 0. The van der Waals surface area contributed by atoms with E-state index >= 15 is 0 Å². The van der Waals surface area contributed by atoms with Crippen molar-refractivity contribution in [3.8, 4) is 5.75 Å². The molecule has 0 unspecified atom stereocenters. The second kappa shape index (κ2) is 4.25. The molecule has 0 aromatic heterocycles. The number of rotatable bonds is 2. The molecule has 1 saturated carbocycles. The molecule has 1 fully saturated rings. The Morgan fingerprint density at radius 3 is 3.00 bits per heavy atom. The van der Waals surface area contributed by atoms with Crippen LogP contribution in [0.25, 0.3) is 0 Å². The molecule has 3 rings (SSSR count). The SMILES string of the molecule is COc1cccc([C@H]2[C@@H](O)[C@H]3CC(=O)C=C[C@H]32)c1. The molecule has 3 nitrogen and oxygen atoms in total. The van der Waals surface area contributed by atoms with Crippen molar-refractivity contribution in [2.45, 2.75) is 18.4 Å². The lowest BCUT2D eigenvalue weighted by molar-refractivity contribution is -0.122. The molecule has 0 heterocycles. The Hall–Kier alpha value is -1.61. The van der Waals surface area contributed by atoms with Gasteiger partial charge in [-0.05, 0) is 35.6 Å². The lowest BCUT2D eigenvalue weighted by Gasteiger charge is -2.49. The highest BCUT2D eigenvalue weighted by molar-refractivity contribution is 5.91. The van der Waals surface area contributed by atoms with Gasteiger partial charge in [-0.15, -0.1) is 0 Å². The van der Waals surface area contributed by atoms with Gasteiger partial charge in [-0.25, -0.2) is 0 Å². The summed E-state index contributed by atoms with van der Waals surface area (Å²) in [4.78, 5) is 11.3. The van der Waals surface area contributed by atoms with Gasteiger partial charge in [0.05, 0.1) is 13.2 Å². The molecule has 3 heteroatoms. The first-order valence-electron chi connectivity index (χ1n) is 6.24. The van der Waals surface area contributed by atoms with Crippen LogP contribution in [0.15, 0.2) is 36.4 Å². The zero-order valence-electron chi connectivity index (χ0n) is 10.2. The van der Waals surface area contributed by atoms with E-state index in [-0.39, 0.29) is 23.5 Å². The molecule has 1 aromatic carbocycles.